The highest BCUT2D eigenvalue weighted by atomic mass is 16.5. The Morgan fingerprint density at radius 2 is 1.67 bits per heavy atom. The molecule has 2 saturated heterocycles. The SMILES string of the molecule is CC1CN(c2ccc(Nc3ccc(CN(O)C(=O)CN4CCN(C)CC4)cc3)cc2)CCO1. The van der Waals surface area contributed by atoms with Crippen LogP contribution in [0.1, 0.15) is 12.5 Å². The first-order valence-electron chi connectivity index (χ1n) is 11.7. The maximum absolute atomic E-state index is 12.4. The van der Waals surface area contributed by atoms with Crippen LogP contribution >= 0.6 is 0 Å². The molecular weight excluding hydrogens is 418 g/mol. The van der Waals surface area contributed by atoms with E-state index in [0.29, 0.717) is 0 Å². The molecule has 0 saturated carbocycles. The third-order valence-electron chi connectivity index (χ3n) is 6.29. The van der Waals surface area contributed by atoms with Gasteiger partial charge in [-0.1, -0.05) is 12.1 Å². The molecule has 1 amide bonds. The fourth-order valence-electron chi connectivity index (χ4n) is 4.21. The molecule has 33 heavy (non-hydrogen) atoms. The number of benzene rings is 2. The number of likely N-dealkylation sites (N-methyl/N-ethyl adjacent to an activating group) is 1. The molecule has 4 rings (SSSR count). The van der Waals surface area contributed by atoms with Crippen LogP contribution in [0.25, 0.3) is 0 Å². The van der Waals surface area contributed by atoms with Crippen LogP contribution in [0, 0.1) is 0 Å². The highest BCUT2D eigenvalue weighted by Crippen LogP contribution is 2.23. The summed E-state index contributed by atoms with van der Waals surface area (Å²) in [5, 5.41) is 14.5. The predicted octanol–water partition coefficient (Wildman–Crippen LogP) is 2.62. The van der Waals surface area contributed by atoms with Crippen LogP contribution in [0.3, 0.4) is 0 Å². The van der Waals surface area contributed by atoms with Crippen molar-refractivity contribution in [3.63, 3.8) is 0 Å². The molecule has 0 radical (unpaired) electrons. The monoisotopic (exact) mass is 453 g/mol. The lowest BCUT2D eigenvalue weighted by Gasteiger charge is -2.33. The molecule has 2 aromatic rings. The quantitative estimate of drug-likeness (QED) is 0.493. The van der Waals surface area contributed by atoms with E-state index in [4.69, 9.17) is 4.74 Å². The minimum Gasteiger partial charge on any atom is -0.375 e. The van der Waals surface area contributed by atoms with Gasteiger partial charge in [-0.3, -0.25) is 14.9 Å². The molecule has 2 aliphatic heterocycles. The lowest BCUT2D eigenvalue weighted by molar-refractivity contribution is -0.169. The van der Waals surface area contributed by atoms with Crippen LogP contribution < -0.4 is 10.2 Å². The molecule has 0 spiro atoms. The van der Waals surface area contributed by atoms with Crippen molar-refractivity contribution in [1.29, 1.82) is 0 Å². The summed E-state index contributed by atoms with van der Waals surface area (Å²) in [4.78, 5) is 19.0. The summed E-state index contributed by atoms with van der Waals surface area (Å²) in [6.07, 6.45) is 0.256. The Morgan fingerprint density at radius 1 is 1.03 bits per heavy atom. The van der Waals surface area contributed by atoms with E-state index < -0.39 is 0 Å². The summed E-state index contributed by atoms with van der Waals surface area (Å²) in [5.74, 6) is -0.267. The average molecular weight is 454 g/mol. The Balaban J connectivity index is 1.26. The topological polar surface area (TPSA) is 71.5 Å². The Kier molecular flexibility index (Phi) is 7.82. The lowest BCUT2D eigenvalue weighted by atomic mass is 10.2. The number of hydrogen-bond donors (Lipinski definition) is 2. The van der Waals surface area contributed by atoms with Crippen molar-refractivity contribution in [2.45, 2.75) is 19.6 Å². The first-order valence-corrected chi connectivity index (χ1v) is 11.7. The number of morpholine rings is 1. The summed E-state index contributed by atoms with van der Waals surface area (Å²) in [7, 11) is 2.08. The second-order valence-corrected chi connectivity index (χ2v) is 9.03. The first kappa shape index (κ1) is 23.5. The van der Waals surface area contributed by atoms with E-state index in [0.717, 1.165) is 67.9 Å². The highest BCUT2D eigenvalue weighted by Gasteiger charge is 2.20. The van der Waals surface area contributed by atoms with E-state index in [1.807, 2.05) is 24.3 Å². The number of hydroxylamine groups is 2. The second-order valence-electron chi connectivity index (χ2n) is 9.03. The minimum atomic E-state index is -0.267. The molecule has 178 valence electrons. The van der Waals surface area contributed by atoms with Crippen molar-refractivity contribution in [1.82, 2.24) is 14.9 Å². The van der Waals surface area contributed by atoms with E-state index in [1.165, 1.54) is 5.69 Å². The number of piperazine rings is 1. The second kappa shape index (κ2) is 11.0. The molecule has 2 aromatic carbocycles. The van der Waals surface area contributed by atoms with E-state index >= 15 is 0 Å². The van der Waals surface area contributed by atoms with Gasteiger partial charge in [0.05, 0.1) is 25.8 Å². The van der Waals surface area contributed by atoms with E-state index in [1.54, 1.807) is 0 Å². The minimum absolute atomic E-state index is 0.180. The van der Waals surface area contributed by atoms with Crippen molar-refractivity contribution in [3.05, 3.63) is 54.1 Å². The maximum Gasteiger partial charge on any atom is 0.260 e. The number of ether oxygens (including phenoxy) is 1. The highest BCUT2D eigenvalue weighted by molar-refractivity contribution is 5.77. The first-order chi connectivity index (χ1) is 16.0. The van der Waals surface area contributed by atoms with Gasteiger partial charge in [-0.05, 0) is 55.9 Å². The van der Waals surface area contributed by atoms with Crippen LogP contribution in [0.2, 0.25) is 0 Å². The van der Waals surface area contributed by atoms with Crippen molar-refractivity contribution < 1.29 is 14.7 Å². The molecule has 0 aliphatic carbocycles. The van der Waals surface area contributed by atoms with Crippen LogP contribution in [0.15, 0.2) is 48.5 Å². The molecule has 2 N–H and O–H groups in total. The van der Waals surface area contributed by atoms with Crippen molar-refractivity contribution in [2.24, 2.45) is 0 Å². The molecule has 1 unspecified atom stereocenters. The summed E-state index contributed by atoms with van der Waals surface area (Å²) in [6.45, 7) is 8.72. The fourth-order valence-corrected chi connectivity index (χ4v) is 4.21. The third-order valence-corrected chi connectivity index (χ3v) is 6.29. The van der Waals surface area contributed by atoms with Gasteiger partial charge in [0.25, 0.3) is 5.91 Å². The van der Waals surface area contributed by atoms with Crippen LogP contribution in [-0.2, 0) is 16.1 Å². The predicted molar refractivity (Wildman–Crippen MR) is 130 cm³/mol. The Bertz CT molecular complexity index is 897. The largest absolute Gasteiger partial charge is 0.375 e. The molecule has 8 nitrogen and oxygen atoms in total. The number of anilines is 3. The maximum atomic E-state index is 12.4. The third kappa shape index (κ3) is 6.68. The zero-order chi connectivity index (χ0) is 23.2. The van der Waals surface area contributed by atoms with Crippen LogP contribution in [0.4, 0.5) is 17.1 Å². The van der Waals surface area contributed by atoms with Gasteiger partial charge in [-0.15, -0.1) is 0 Å². The van der Waals surface area contributed by atoms with Gasteiger partial charge in [0.1, 0.15) is 0 Å². The average Bonchev–Trinajstić information content (AvgIpc) is 2.82. The zero-order valence-electron chi connectivity index (χ0n) is 19.6. The van der Waals surface area contributed by atoms with Gasteiger partial charge in [-0.25, -0.2) is 5.06 Å². The number of amides is 1. The number of carbonyl (C=O) groups is 1. The summed E-state index contributed by atoms with van der Waals surface area (Å²) < 4.78 is 5.62. The number of carbonyl (C=O) groups excluding carboxylic acids is 1. The van der Waals surface area contributed by atoms with Gasteiger partial charge >= 0.3 is 0 Å². The summed E-state index contributed by atoms with van der Waals surface area (Å²) in [6, 6.07) is 16.2. The fraction of sp³-hybridized carbons (Fsp3) is 0.480. The number of rotatable bonds is 7. The summed E-state index contributed by atoms with van der Waals surface area (Å²) >= 11 is 0. The molecule has 8 heteroatoms. The standard InChI is InChI=1S/C25H35N5O3/c1-20-17-29(15-16-33-20)24-9-7-23(8-10-24)26-22-5-3-21(4-6-22)18-30(32)25(31)19-28-13-11-27(2)12-14-28/h3-10,20,26,32H,11-19H2,1-2H3. The molecular formula is C25H35N5O3. The van der Waals surface area contributed by atoms with Crippen LogP contribution in [0.5, 0.6) is 0 Å². The normalized spacial score (nSPS) is 20.0. The van der Waals surface area contributed by atoms with Crippen molar-refractivity contribution in [2.75, 3.05) is 69.7 Å². The van der Waals surface area contributed by atoms with E-state index in [2.05, 4.69) is 58.3 Å². The van der Waals surface area contributed by atoms with E-state index in [9.17, 15) is 10.0 Å². The molecule has 2 fully saturated rings. The van der Waals surface area contributed by atoms with E-state index in [-0.39, 0.29) is 25.1 Å². The molecule has 0 aromatic heterocycles. The number of nitrogens with one attached hydrogen (secondary N) is 1. The van der Waals surface area contributed by atoms with Gasteiger partial charge in [0.15, 0.2) is 0 Å². The van der Waals surface area contributed by atoms with Crippen molar-refractivity contribution in [3.8, 4) is 0 Å². The lowest BCUT2D eigenvalue weighted by Crippen LogP contribution is -2.48. The molecule has 2 aliphatic rings. The zero-order valence-corrected chi connectivity index (χ0v) is 19.6. The Hall–Kier alpha value is -2.65. The van der Waals surface area contributed by atoms with Gasteiger partial charge in [-0.2, -0.15) is 0 Å². The smallest absolute Gasteiger partial charge is 0.260 e. The number of nitrogens with zero attached hydrogens (tertiary/aromatic N) is 4. The molecule has 2 heterocycles. The van der Waals surface area contributed by atoms with Crippen molar-refractivity contribution >= 4 is 23.0 Å². The van der Waals surface area contributed by atoms with Crippen LogP contribution in [-0.4, -0.2) is 91.5 Å². The van der Waals surface area contributed by atoms with Gasteiger partial charge in [0, 0.05) is 56.3 Å². The Labute approximate surface area is 196 Å². The molecule has 1 atom stereocenters. The molecule has 0 bridgehead atoms. The number of hydrogen-bond acceptors (Lipinski definition) is 7. The Morgan fingerprint density at radius 3 is 2.30 bits per heavy atom. The van der Waals surface area contributed by atoms with Gasteiger partial charge in [0.2, 0.25) is 0 Å². The summed E-state index contributed by atoms with van der Waals surface area (Å²) in [5.41, 5.74) is 4.06. The van der Waals surface area contributed by atoms with Gasteiger partial charge < -0.3 is 19.9 Å².